The van der Waals surface area contributed by atoms with E-state index in [1.54, 1.807) is 19.4 Å². The highest BCUT2D eigenvalue weighted by Crippen LogP contribution is 2.33. The summed E-state index contributed by atoms with van der Waals surface area (Å²) in [5.74, 6) is 0.548. The molecule has 2 aromatic rings. The molecular weight excluding hydrogens is 240 g/mol. The molecule has 1 amide bonds. The largest absolute Gasteiger partial charge is 0.419 e. The fourth-order valence-electron chi connectivity index (χ4n) is 2.01. The molecule has 1 aliphatic heterocycles. The second-order valence-electron chi connectivity index (χ2n) is 4.24. The first-order valence-corrected chi connectivity index (χ1v) is 5.92. The minimum absolute atomic E-state index is 0.381. The van der Waals surface area contributed by atoms with Crippen LogP contribution in [0.5, 0.6) is 0 Å². The van der Waals surface area contributed by atoms with Gasteiger partial charge in [0, 0.05) is 25.0 Å². The van der Waals surface area contributed by atoms with Crippen molar-refractivity contribution >= 4 is 23.6 Å². The van der Waals surface area contributed by atoms with Crippen molar-refractivity contribution in [3.05, 3.63) is 59.9 Å². The number of pyridine rings is 1. The number of para-hydroxylation sites is 1. The highest BCUT2D eigenvalue weighted by atomic mass is 16.6. The maximum atomic E-state index is 11.8. The van der Waals surface area contributed by atoms with E-state index in [0.717, 1.165) is 16.8 Å². The zero-order valence-corrected chi connectivity index (χ0v) is 10.4. The van der Waals surface area contributed by atoms with Crippen LogP contribution in [0.1, 0.15) is 11.1 Å². The molecule has 19 heavy (non-hydrogen) atoms. The third kappa shape index (κ3) is 2.08. The Bertz CT molecular complexity index is 650. The Kier molecular flexibility index (Phi) is 2.76. The normalized spacial score (nSPS) is 16.2. The standard InChI is InChI=1S/C15H12N2O2/c1-17-13-7-3-2-6-12(13)14(19-15(17)18)9-11-5-4-8-16-10-11/h2-10H,1H3/b14-9-. The quantitative estimate of drug-likeness (QED) is 0.782. The third-order valence-electron chi connectivity index (χ3n) is 2.98. The second-order valence-corrected chi connectivity index (χ2v) is 4.24. The van der Waals surface area contributed by atoms with Crippen LogP contribution in [0.4, 0.5) is 10.5 Å². The van der Waals surface area contributed by atoms with Crippen molar-refractivity contribution in [2.75, 3.05) is 11.9 Å². The number of carbonyl (C=O) groups is 1. The Hall–Kier alpha value is -2.62. The SMILES string of the molecule is CN1C(=O)O/C(=C\c2cccnc2)c2ccccc21. The molecule has 4 nitrogen and oxygen atoms in total. The van der Waals surface area contributed by atoms with Crippen LogP contribution in [-0.4, -0.2) is 18.1 Å². The fourth-order valence-corrected chi connectivity index (χ4v) is 2.01. The summed E-state index contributed by atoms with van der Waals surface area (Å²) < 4.78 is 5.35. The van der Waals surface area contributed by atoms with E-state index in [1.807, 2.05) is 42.5 Å². The number of hydrogen-bond acceptors (Lipinski definition) is 3. The number of cyclic esters (lactones) is 1. The summed E-state index contributed by atoms with van der Waals surface area (Å²) in [6.45, 7) is 0. The van der Waals surface area contributed by atoms with Crippen LogP contribution in [-0.2, 0) is 4.74 Å². The van der Waals surface area contributed by atoms with Gasteiger partial charge in [-0.15, -0.1) is 0 Å². The minimum Gasteiger partial charge on any atom is -0.409 e. The van der Waals surface area contributed by atoms with Gasteiger partial charge in [0.15, 0.2) is 0 Å². The fraction of sp³-hybridized carbons (Fsp3) is 0.0667. The van der Waals surface area contributed by atoms with Crippen molar-refractivity contribution in [1.82, 2.24) is 4.98 Å². The molecular formula is C15H12N2O2. The third-order valence-corrected chi connectivity index (χ3v) is 2.98. The van der Waals surface area contributed by atoms with Crippen LogP contribution in [0.15, 0.2) is 48.8 Å². The number of hydrogen-bond donors (Lipinski definition) is 0. The molecule has 0 spiro atoms. The number of rotatable bonds is 1. The van der Waals surface area contributed by atoms with Crippen molar-refractivity contribution in [1.29, 1.82) is 0 Å². The van der Waals surface area contributed by atoms with E-state index in [0.29, 0.717) is 5.76 Å². The molecule has 0 unspecified atom stereocenters. The summed E-state index contributed by atoms with van der Waals surface area (Å²) in [7, 11) is 1.70. The van der Waals surface area contributed by atoms with Gasteiger partial charge in [-0.25, -0.2) is 4.79 Å². The van der Waals surface area contributed by atoms with Gasteiger partial charge in [0.25, 0.3) is 0 Å². The zero-order valence-electron chi connectivity index (χ0n) is 10.4. The van der Waals surface area contributed by atoms with Crippen LogP contribution in [0.25, 0.3) is 11.8 Å². The highest BCUT2D eigenvalue weighted by Gasteiger charge is 2.25. The first kappa shape index (κ1) is 11.5. The van der Waals surface area contributed by atoms with E-state index in [2.05, 4.69) is 4.98 Å². The Labute approximate surface area is 111 Å². The molecule has 2 heterocycles. The van der Waals surface area contributed by atoms with Crippen LogP contribution in [0, 0.1) is 0 Å². The van der Waals surface area contributed by atoms with Crippen molar-refractivity contribution in [3.63, 3.8) is 0 Å². The number of nitrogens with zero attached hydrogens (tertiary/aromatic N) is 2. The predicted molar refractivity (Wildman–Crippen MR) is 73.4 cm³/mol. The zero-order chi connectivity index (χ0) is 13.2. The monoisotopic (exact) mass is 252 g/mol. The summed E-state index contributed by atoms with van der Waals surface area (Å²) in [5, 5.41) is 0. The average Bonchev–Trinajstić information content (AvgIpc) is 2.46. The Morgan fingerprint density at radius 1 is 1.21 bits per heavy atom. The summed E-state index contributed by atoms with van der Waals surface area (Å²) in [5.41, 5.74) is 2.63. The smallest absolute Gasteiger partial charge is 0.409 e. The van der Waals surface area contributed by atoms with Crippen LogP contribution in [0.2, 0.25) is 0 Å². The molecule has 0 saturated carbocycles. The number of amides is 1. The van der Waals surface area contributed by atoms with E-state index in [-0.39, 0.29) is 6.09 Å². The molecule has 0 saturated heterocycles. The van der Waals surface area contributed by atoms with E-state index < -0.39 is 0 Å². The number of fused-ring (bicyclic) bond motifs is 1. The average molecular weight is 252 g/mol. The Morgan fingerprint density at radius 3 is 2.84 bits per heavy atom. The van der Waals surface area contributed by atoms with Crippen LogP contribution < -0.4 is 4.90 Å². The molecule has 1 aromatic carbocycles. The number of ether oxygens (including phenoxy) is 1. The number of anilines is 1. The molecule has 4 heteroatoms. The van der Waals surface area contributed by atoms with Crippen molar-refractivity contribution in [3.8, 4) is 0 Å². The molecule has 1 aromatic heterocycles. The van der Waals surface area contributed by atoms with Crippen molar-refractivity contribution in [2.45, 2.75) is 0 Å². The minimum atomic E-state index is -0.381. The molecule has 0 radical (unpaired) electrons. The molecule has 0 bridgehead atoms. The Balaban J connectivity index is 2.11. The van der Waals surface area contributed by atoms with Gasteiger partial charge in [0.1, 0.15) is 5.76 Å². The van der Waals surface area contributed by atoms with Gasteiger partial charge < -0.3 is 4.74 Å². The number of aromatic nitrogens is 1. The van der Waals surface area contributed by atoms with E-state index >= 15 is 0 Å². The highest BCUT2D eigenvalue weighted by molar-refractivity contribution is 6.01. The van der Waals surface area contributed by atoms with Gasteiger partial charge in [-0.3, -0.25) is 9.88 Å². The van der Waals surface area contributed by atoms with Crippen LogP contribution >= 0.6 is 0 Å². The lowest BCUT2D eigenvalue weighted by molar-refractivity contribution is 0.199. The van der Waals surface area contributed by atoms with Gasteiger partial charge in [0.2, 0.25) is 0 Å². The van der Waals surface area contributed by atoms with E-state index in [9.17, 15) is 4.79 Å². The van der Waals surface area contributed by atoms with E-state index in [1.165, 1.54) is 4.90 Å². The second kappa shape index (κ2) is 4.57. The van der Waals surface area contributed by atoms with Crippen LogP contribution in [0.3, 0.4) is 0 Å². The lowest BCUT2D eigenvalue weighted by atomic mass is 10.1. The maximum Gasteiger partial charge on any atom is 0.419 e. The summed E-state index contributed by atoms with van der Waals surface area (Å²) >= 11 is 0. The first-order chi connectivity index (χ1) is 9.25. The summed E-state index contributed by atoms with van der Waals surface area (Å²) in [4.78, 5) is 17.3. The molecule has 1 aliphatic rings. The van der Waals surface area contributed by atoms with Crippen molar-refractivity contribution in [2.24, 2.45) is 0 Å². The topological polar surface area (TPSA) is 42.4 Å². The molecule has 0 N–H and O–H groups in total. The first-order valence-electron chi connectivity index (χ1n) is 5.92. The Morgan fingerprint density at radius 2 is 2.05 bits per heavy atom. The lowest BCUT2D eigenvalue weighted by Crippen LogP contribution is -2.31. The van der Waals surface area contributed by atoms with Gasteiger partial charge in [-0.2, -0.15) is 0 Å². The molecule has 0 aliphatic carbocycles. The maximum absolute atomic E-state index is 11.8. The molecule has 0 atom stereocenters. The van der Waals surface area contributed by atoms with Gasteiger partial charge in [-0.05, 0) is 29.8 Å². The van der Waals surface area contributed by atoms with Gasteiger partial charge >= 0.3 is 6.09 Å². The van der Waals surface area contributed by atoms with Gasteiger partial charge in [0.05, 0.1) is 5.69 Å². The molecule has 3 rings (SSSR count). The molecule has 94 valence electrons. The van der Waals surface area contributed by atoms with E-state index in [4.69, 9.17) is 4.74 Å². The predicted octanol–water partition coefficient (Wildman–Crippen LogP) is 3.17. The summed E-state index contributed by atoms with van der Waals surface area (Å²) in [6, 6.07) is 11.4. The van der Waals surface area contributed by atoms with Gasteiger partial charge in [-0.1, -0.05) is 18.2 Å². The molecule has 0 fully saturated rings. The lowest BCUT2D eigenvalue weighted by Gasteiger charge is -2.26. The summed E-state index contributed by atoms with van der Waals surface area (Å²) in [6.07, 6.45) is 4.86. The number of carbonyl (C=O) groups excluding carboxylic acids is 1. The number of benzene rings is 1. The van der Waals surface area contributed by atoms with Crippen molar-refractivity contribution < 1.29 is 9.53 Å².